The third-order valence-electron chi connectivity index (χ3n) is 0.996. The van der Waals surface area contributed by atoms with Crippen LogP contribution in [0.4, 0.5) is 0 Å². The van der Waals surface area contributed by atoms with Gasteiger partial charge in [-0.1, -0.05) is 13.3 Å². The smallest absolute Gasteiger partial charge is 0.106 e. The van der Waals surface area contributed by atoms with Crippen molar-refractivity contribution < 1.29 is 15.7 Å². The monoisotopic (exact) mass is 151 g/mol. The highest BCUT2D eigenvalue weighted by atomic mass is 16.3. The fourth-order valence-electron chi connectivity index (χ4n) is 0.635. The molecule has 0 rings (SSSR count). The first-order valence-corrected chi connectivity index (χ1v) is 3.29. The van der Waals surface area contributed by atoms with E-state index in [0.29, 0.717) is 6.42 Å². The molecule has 0 bridgehead atoms. The van der Waals surface area contributed by atoms with Gasteiger partial charge in [0.1, 0.15) is 12.5 Å². The first kappa shape index (κ1) is 12.5. The Balaban J connectivity index is 0. The average Bonchev–Trinajstić information content (AvgIpc) is 1.63. The second-order valence-corrected chi connectivity index (χ2v) is 2.15. The molecular formula is C6H17NO3. The summed E-state index contributed by atoms with van der Waals surface area (Å²) in [5, 5.41) is 20.2. The Morgan fingerprint density at radius 2 is 1.90 bits per heavy atom. The van der Waals surface area contributed by atoms with Gasteiger partial charge in [0, 0.05) is 0 Å². The van der Waals surface area contributed by atoms with Crippen molar-refractivity contribution in [3.63, 3.8) is 0 Å². The van der Waals surface area contributed by atoms with Crippen molar-refractivity contribution in [3.05, 3.63) is 0 Å². The molecule has 2 unspecified atom stereocenters. The van der Waals surface area contributed by atoms with E-state index in [1.807, 2.05) is 6.92 Å². The number of aliphatic hydroxyl groups is 2. The van der Waals surface area contributed by atoms with Crippen molar-refractivity contribution in [2.75, 3.05) is 0 Å². The van der Waals surface area contributed by atoms with E-state index in [1.165, 1.54) is 0 Å². The Kier molecular flexibility index (Phi) is 8.70. The van der Waals surface area contributed by atoms with Gasteiger partial charge in [-0.3, -0.25) is 5.32 Å². The second kappa shape index (κ2) is 6.95. The summed E-state index contributed by atoms with van der Waals surface area (Å²) in [6, 6.07) is 0. The molecule has 0 aliphatic heterocycles. The van der Waals surface area contributed by atoms with Gasteiger partial charge in [0.05, 0.1) is 0 Å². The maximum Gasteiger partial charge on any atom is 0.106 e. The Bertz CT molecular complexity index is 68.0. The molecule has 0 aromatic carbocycles. The lowest BCUT2D eigenvalue weighted by Crippen LogP contribution is -2.35. The zero-order valence-electron chi connectivity index (χ0n) is 6.46. The summed E-state index contributed by atoms with van der Waals surface area (Å²) in [5.41, 5.74) is 0. The summed E-state index contributed by atoms with van der Waals surface area (Å²) in [7, 11) is 0. The van der Waals surface area contributed by atoms with Crippen LogP contribution in [0.2, 0.25) is 0 Å². The van der Waals surface area contributed by atoms with Crippen LogP contribution in [-0.2, 0) is 0 Å². The lowest BCUT2D eigenvalue weighted by atomic mass is 10.3. The van der Waals surface area contributed by atoms with E-state index in [0.717, 1.165) is 6.42 Å². The van der Waals surface area contributed by atoms with Gasteiger partial charge in [0.15, 0.2) is 0 Å². The van der Waals surface area contributed by atoms with Crippen LogP contribution in [0.1, 0.15) is 26.7 Å². The first-order chi connectivity index (χ1) is 4.16. The average molecular weight is 151 g/mol. The van der Waals surface area contributed by atoms with Crippen LogP contribution < -0.4 is 5.32 Å². The highest BCUT2D eigenvalue weighted by Gasteiger charge is 2.02. The van der Waals surface area contributed by atoms with Crippen LogP contribution in [0.3, 0.4) is 0 Å². The third kappa shape index (κ3) is 7.84. The number of nitrogens with one attached hydrogen (secondary N) is 1. The Morgan fingerprint density at radius 3 is 2.20 bits per heavy atom. The van der Waals surface area contributed by atoms with Crippen molar-refractivity contribution in [3.8, 4) is 0 Å². The molecule has 0 saturated carbocycles. The van der Waals surface area contributed by atoms with Gasteiger partial charge < -0.3 is 15.7 Å². The second-order valence-electron chi connectivity index (χ2n) is 2.15. The lowest BCUT2D eigenvalue weighted by molar-refractivity contribution is 0.0471. The molecule has 4 nitrogen and oxygen atoms in total. The molecule has 0 aromatic heterocycles. The molecule has 0 spiro atoms. The van der Waals surface area contributed by atoms with Gasteiger partial charge in [-0.05, 0) is 13.3 Å². The lowest BCUT2D eigenvalue weighted by Gasteiger charge is -2.13. The zero-order chi connectivity index (χ0) is 7.28. The molecule has 0 saturated heterocycles. The van der Waals surface area contributed by atoms with Crippen LogP contribution >= 0.6 is 0 Å². The summed E-state index contributed by atoms with van der Waals surface area (Å²) in [6.45, 7) is 3.56. The Morgan fingerprint density at radius 1 is 1.40 bits per heavy atom. The van der Waals surface area contributed by atoms with Gasteiger partial charge in [-0.25, -0.2) is 0 Å². The fraction of sp³-hybridized carbons (Fsp3) is 1.00. The predicted octanol–water partition coefficient (Wildman–Crippen LogP) is -0.792. The summed E-state index contributed by atoms with van der Waals surface area (Å²) in [4.78, 5) is 0. The third-order valence-corrected chi connectivity index (χ3v) is 0.996. The maximum absolute atomic E-state index is 8.95. The van der Waals surface area contributed by atoms with Crippen LogP contribution in [0.15, 0.2) is 0 Å². The van der Waals surface area contributed by atoms with Gasteiger partial charge in [-0.2, -0.15) is 0 Å². The summed E-state index contributed by atoms with van der Waals surface area (Å²) in [6.07, 6.45) is 0.424. The molecule has 0 radical (unpaired) electrons. The van der Waals surface area contributed by atoms with Gasteiger partial charge in [0.2, 0.25) is 0 Å². The summed E-state index contributed by atoms with van der Waals surface area (Å²) < 4.78 is 0. The van der Waals surface area contributed by atoms with E-state index in [1.54, 1.807) is 6.92 Å². The topological polar surface area (TPSA) is 84.0 Å². The Labute approximate surface area is 61.2 Å². The minimum Gasteiger partial charge on any atom is -0.412 e. The molecule has 0 heterocycles. The maximum atomic E-state index is 8.95. The van der Waals surface area contributed by atoms with Gasteiger partial charge >= 0.3 is 0 Å². The van der Waals surface area contributed by atoms with E-state index >= 15 is 0 Å². The zero-order valence-corrected chi connectivity index (χ0v) is 6.46. The molecule has 0 aliphatic rings. The van der Waals surface area contributed by atoms with Crippen LogP contribution in [0.25, 0.3) is 0 Å². The minimum absolute atomic E-state index is 0. The number of hydrogen-bond donors (Lipinski definition) is 3. The minimum atomic E-state index is -0.619. The molecule has 0 aliphatic carbocycles. The molecule has 10 heavy (non-hydrogen) atoms. The van der Waals surface area contributed by atoms with Gasteiger partial charge in [-0.15, -0.1) is 0 Å². The van der Waals surface area contributed by atoms with E-state index in [9.17, 15) is 0 Å². The van der Waals surface area contributed by atoms with E-state index in [2.05, 4.69) is 5.32 Å². The van der Waals surface area contributed by atoms with Gasteiger partial charge in [0.25, 0.3) is 0 Å². The van der Waals surface area contributed by atoms with Crippen molar-refractivity contribution in [1.82, 2.24) is 5.32 Å². The standard InChI is InChI=1S/C6H15NO2.H2O/c1-3-4-6(9)7-5(2)8;/h5-9H,3-4H2,1-2H3;1H2. The molecular weight excluding hydrogens is 134 g/mol. The summed E-state index contributed by atoms with van der Waals surface area (Å²) in [5.74, 6) is 0. The highest BCUT2D eigenvalue weighted by molar-refractivity contribution is 4.51. The summed E-state index contributed by atoms with van der Waals surface area (Å²) >= 11 is 0. The quantitative estimate of drug-likeness (QED) is 0.460. The van der Waals surface area contributed by atoms with E-state index < -0.39 is 12.5 Å². The normalized spacial score (nSPS) is 15.6. The van der Waals surface area contributed by atoms with Crippen LogP contribution in [0.5, 0.6) is 0 Å². The Hall–Kier alpha value is -0.160. The molecule has 0 aromatic rings. The molecule has 4 heteroatoms. The fourth-order valence-corrected chi connectivity index (χ4v) is 0.635. The molecule has 0 amide bonds. The van der Waals surface area contributed by atoms with Crippen molar-refractivity contribution in [1.29, 1.82) is 0 Å². The van der Waals surface area contributed by atoms with E-state index in [4.69, 9.17) is 10.2 Å². The van der Waals surface area contributed by atoms with Crippen molar-refractivity contribution in [2.24, 2.45) is 0 Å². The SMILES string of the molecule is CCCC(O)NC(C)O.O. The molecule has 2 atom stereocenters. The highest BCUT2D eigenvalue weighted by Crippen LogP contribution is 1.91. The van der Waals surface area contributed by atoms with Crippen LogP contribution in [-0.4, -0.2) is 28.1 Å². The van der Waals surface area contributed by atoms with E-state index in [-0.39, 0.29) is 5.48 Å². The van der Waals surface area contributed by atoms with Crippen LogP contribution in [0, 0.1) is 0 Å². The predicted molar refractivity (Wildman–Crippen MR) is 39.3 cm³/mol. The number of rotatable bonds is 4. The first-order valence-electron chi connectivity index (χ1n) is 3.29. The molecule has 5 N–H and O–H groups in total. The number of aliphatic hydroxyl groups excluding tert-OH is 2. The largest absolute Gasteiger partial charge is 0.412 e. The number of hydrogen-bond acceptors (Lipinski definition) is 3. The van der Waals surface area contributed by atoms with Crippen molar-refractivity contribution in [2.45, 2.75) is 39.1 Å². The molecule has 64 valence electrons. The van der Waals surface area contributed by atoms with Crippen molar-refractivity contribution >= 4 is 0 Å². The molecule has 0 fully saturated rings.